The zero-order valence-corrected chi connectivity index (χ0v) is 8.13. The minimum absolute atomic E-state index is 0. The molecule has 1 amide bonds. The van der Waals surface area contributed by atoms with E-state index < -0.39 is 17.8 Å². The summed E-state index contributed by atoms with van der Waals surface area (Å²) in [5.41, 5.74) is -0.882. The third kappa shape index (κ3) is 3.41. The Morgan fingerprint density at radius 3 is 2.38 bits per heavy atom. The first-order valence-corrected chi connectivity index (χ1v) is 3.98. The molecule has 0 radical (unpaired) electrons. The molecule has 16 heavy (non-hydrogen) atoms. The quantitative estimate of drug-likeness (QED) is 0.739. The summed E-state index contributed by atoms with van der Waals surface area (Å²) in [6.07, 6.45) is -5.87. The summed E-state index contributed by atoms with van der Waals surface area (Å²) in [6, 6.07) is 3.26. The molecule has 1 aromatic rings. The second-order valence-electron chi connectivity index (χ2n) is 2.96. The predicted molar refractivity (Wildman–Crippen MR) is 50.3 cm³/mol. The third-order valence-electron chi connectivity index (χ3n) is 1.79. The van der Waals surface area contributed by atoms with Crippen molar-refractivity contribution in [2.75, 3.05) is 5.32 Å². The van der Waals surface area contributed by atoms with E-state index in [9.17, 15) is 18.0 Å². The van der Waals surface area contributed by atoms with E-state index in [1.165, 1.54) is 19.1 Å². The number of aryl methyl sites for hydroxylation is 1. The number of benzene rings is 1. The summed E-state index contributed by atoms with van der Waals surface area (Å²) >= 11 is 0. The molecule has 0 atom stereocenters. The van der Waals surface area contributed by atoms with Gasteiger partial charge in [-0.05, 0) is 24.6 Å². The van der Waals surface area contributed by atoms with Crippen molar-refractivity contribution in [2.24, 2.45) is 0 Å². The van der Waals surface area contributed by atoms with Crippen LogP contribution in [0.5, 0.6) is 0 Å². The highest BCUT2D eigenvalue weighted by molar-refractivity contribution is 5.83. The molecule has 0 aromatic heterocycles. The first kappa shape index (κ1) is 14.2. The molecule has 2 N–H and O–H groups in total. The molecule has 0 saturated heterocycles. The van der Waals surface area contributed by atoms with Crippen LogP contribution in [-0.2, 0) is 6.18 Å². The van der Waals surface area contributed by atoms with Crippen molar-refractivity contribution in [2.45, 2.75) is 13.1 Å². The second kappa shape index (κ2) is 4.82. The normalized spacial score (nSPS) is 10.5. The Morgan fingerprint density at radius 1 is 1.38 bits per heavy atom. The molecule has 0 unspecified atom stereocenters. The minimum Gasteiger partial charge on any atom is -0.465 e. The molecule has 1 rings (SSSR count). The van der Waals surface area contributed by atoms with Crippen molar-refractivity contribution >= 4 is 11.8 Å². The van der Waals surface area contributed by atoms with Gasteiger partial charge in [0.1, 0.15) is 0 Å². The van der Waals surface area contributed by atoms with Gasteiger partial charge in [-0.15, -0.1) is 0 Å². The maximum atomic E-state index is 12.4. The summed E-state index contributed by atoms with van der Waals surface area (Å²) in [5, 5.41) is 10.2. The zero-order chi connectivity index (χ0) is 11.6. The fourth-order valence-electron chi connectivity index (χ4n) is 1.13. The Balaban J connectivity index is 0.00000225. The molecule has 0 spiro atoms. The van der Waals surface area contributed by atoms with Crippen molar-refractivity contribution in [1.29, 1.82) is 0 Å². The highest BCUT2D eigenvalue weighted by atomic mass is 19.4. The topological polar surface area (TPSA) is 49.3 Å². The summed E-state index contributed by atoms with van der Waals surface area (Å²) in [6.45, 7) is 1.31. The molecular weight excluding hydrogens is 230 g/mol. The van der Waals surface area contributed by atoms with Gasteiger partial charge in [0.25, 0.3) is 0 Å². The Bertz CT molecular complexity index is 390. The van der Waals surface area contributed by atoms with E-state index in [0.717, 1.165) is 6.07 Å². The van der Waals surface area contributed by atoms with E-state index in [4.69, 9.17) is 5.11 Å². The second-order valence-corrected chi connectivity index (χ2v) is 2.96. The molecule has 0 aliphatic heterocycles. The van der Waals surface area contributed by atoms with E-state index in [1.807, 2.05) is 5.32 Å². The minimum atomic E-state index is -4.47. The lowest BCUT2D eigenvalue weighted by Crippen LogP contribution is -2.11. The Morgan fingerprint density at radius 2 is 1.94 bits per heavy atom. The van der Waals surface area contributed by atoms with Crippen LogP contribution in [0, 0.1) is 6.92 Å². The van der Waals surface area contributed by atoms with Crippen LogP contribution in [0.4, 0.5) is 28.4 Å². The fraction of sp³-hybridized carbons (Fsp3) is 0.222. The van der Waals surface area contributed by atoms with E-state index in [1.54, 1.807) is 0 Å². The summed E-state index contributed by atoms with van der Waals surface area (Å²) < 4.78 is 37.2. The average molecular weight is 239 g/mol. The Hall–Kier alpha value is -1.79. The van der Waals surface area contributed by atoms with Gasteiger partial charge < -0.3 is 5.11 Å². The smallest absolute Gasteiger partial charge is 0.416 e. The van der Waals surface area contributed by atoms with Crippen LogP contribution >= 0.6 is 0 Å². The van der Waals surface area contributed by atoms with Gasteiger partial charge in [-0.3, -0.25) is 10.0 Å². The molecular formula is C9H9F4NO2. The summed E-state index contributed by atoms with van der Waals surface area (Å²) in [7, 11) is 0. The van der Waals surface area contributed by atoms with E-state index >= 15 is 0 Å². The van der Waals surface area contributed by atoms with Gasteiger partial charge in [0, 0.05) is 5.69 Å². The number of hydrogen-bond acceptors (Lipinski definition) is 1. The molecule has 7 heteroatoms. The van der Waals surface area contributed by atoms with Gasteiger partial charge in [-0.1, -0.05) is 6.07 Å². The average Bonchev–Trinajstić information content (AvgIpc) is 2.05. The lowest BCUT2D eigenvalue weighted by atomic mass is 10.1. The van der Waals surface area contributed by atoms with Gasteiger partial charge in [-0.25, -0.2) is 4.79 Å². The number of carboxylic acid groups (broad SMARTS) is 1. The number of amides is 1. The van der Waals surface area contributed by atoms with Crippen LogP contribution in [0.2, 0.25) is 0 Å². The third-order valence-corrected chi connectivity index (χ3v) is 1.79. The molecule has 0 aliphatic carbocycles. The Labute approximate surface area is 88.3 Å². The lowest BCUT2D eigenvalue weighted by Gasteiger charge is -2.11. The largest absolute Gasteiger partial charge is 0.465 e. The maximum Gasteiger partial charge on any atom is 0.416 e. The van der Waals surface area contributed by atoms with Crippen LogP contribution in [0.1, 0.15) is 11.1 Å². The first-order valence-electron chi connectivity index (χ1n) is 3.98. The number of carbonyl (C=O) groups is 1. The molecule has 1 aromatic carbocycles. The monoisotopic (exact) mass is 239 g/mol. The molecule has 0 fully saturated rings. The standard InChI is InChI=1S/C9H8F3NO2.FH/c1-5-2-3-6(13-8(14)15)4-7(5)9(10,11)12;/h2-4,13H,1H3,(H,14,15);1H. The van der Waals surface area contributed by atoms with Crippen LogP contribution in [0.25, 0.3) is 0 Å². The van der Waals surface area contributed by atoms with E-state index in [-0.39, 0.29) is 16.0 Å². The van der Waals surface area contributed by atoms with Crippen LogP contribution in [-0.4, -0.2) is 11.2 Å². The van der Waals surface area contributed by atoms with Gasteiger partial charge in [0.2, 0.25) is 0 Å². The molecule has 0 bridgehead atoms. The summed E-state index contributed by atoms with van der Waals surface area (Å²) in [5.74, 6) is 0. The van der Waals surface area contributed by atoms with Crippen LogP contribution in [0.15, 0.2) is 18.2 Å². The van der Waals surface area contributed by atoms with E-state index in [0.29, 0.717) is 0 Å². The molecule has 0 saturated carbocycles. The van der Waals surface area contributed by atoms with Crippen molar-refractivity contribution in [3.63, 3.8) is 0 Å². The summed E-state index contributed by atoms with van der Waals surface area (Å²) in [4.78, 5) is 10.2. The van der Waals surface area contributed by atoms with E-state index in [2.05, 4.69) is 0 Å². The number of rotatable bonds is 1. The maximum absolute atomic E-state index is 12.4. The van der Waals surface area contributed by atoms with Gasteiger partial charge in [0.15, 0.2) is 0 Å². The van der Waals surface area contributed by atoms with Crippen LogP contribution < -0.4 is 5.32 Å². The lowest BCUT2D eigenvalue weighted by molar-refractivity contribution is -0.138. The highest BCUT2D eigenvalue weighted by Gasteiger charge is 2.32. The SMILES string of the molecule is Cc1ccc(NC(=O)O)cc1C(F)(F)F.F. The molecule has 0 aliphatic rings. The predicted octanol–water partition coefficient (Wildman–Crippen LogP) is 3.26. The highest BCUT2D eigenvalue weighted by Crippen LogP contribution is 2.33. The van der Waals surface area contributed by atoms with Crippen molar-refractivity contribution in [3.05, 3.63) is 29.3 Å². The number of anilines is 1. The fourth-order valence-corrected chi connectivity index (χ4v) is 1.13. The van der Waals surface area contributed by atoms with Crippen molar-refractivity contribution in [3.8, 4) is 0 Å². The molecule has 0 heterocycles. The van der Waals surface area contributed by atoms with Crippen molar-refractivity contribution in [1.82, 2.24) is 0 Å². The van der Waals surface area contributed by atoms with Gasteiger partial charge in [0.05, 0.1) is 5.56 Å². The number of halogens is 4. The number of alkyl halides is 3. The Kier molecular flexibility index (Phi) is 4.28. The van der Waals surface area contributed by atoms with Crippen molar-refractivity contribution < 1.29 is 27.8 Å². The number of hydrogen-bond donors (Lipinski definition) is 2. The first-order chi connectivity index (χ1) is 6.80. The molecule has 90 valence electrons. The van der Waals surface area contributed by atoms with Gasteiger partial charge >= 0.3 is 12.3 Å². The number of nitrogens with one attached hydrogen (secondary N) is 1. The zero-order valence-electron chi connectivity index (χ0n) is 8.13. The van der Waals surface area contributed by atoms with Gasteiger partial charge in [-0.2, -0.15) is 13.2 Å². The molecule has 3 nitrogen and oxygen atoms in total. The van der Waals surface area contributed by atoms with Crippen LogP contribution in [0.3, 0.4) is 0 Å².